The highest BCUT2D eigenvalue weighted by atomic mass is 19.1. The van der Waals surface area contributed by atoms with Crippen molar-refractivity contribution in [1.82, 2.24) is 0 Å². The first-order valence-electron chi connectivity index (χ1n) is 6.04. The Bertz CT molecular complexity index is 390. The van der Waals surface area contributed by atoms with E-state index in [-0.39, 0.29) is 11.6 Å². The van der Waals surface area contributed by atoms with Crippen molar-refractivity contribution in [3.63, 3.8) is 0 Å². The molecule has 0 aromatic heterocycles. The smallest absolute Gasteiger partial charge is 0.162 e. The van der Waals surface area contributed by atoms with Crippen molar-refractivity contribution in [2.45, 2.75) is 33.1 Å². The van der Waals surface area contributed by atoms with E-state index in [2.05, 4.69) is 6.92 Å². The molecule has 3 heteroatoms. The Morgan fingerprint density at radius 1 is 1.41 bits per heavy atom. The lowest BCUT2D eigenvalue weighted by Crippen LogP contribution is -2.08. The van der Waals surface area contributed by atoms with Crippen molar-refractivity contribution in [2.75, 3.05) is 6.54 Å². The first-order valence-corrected chi connectivity index (χ1v) is 6.04. The summed E-state index contributed by atoms with van der Waals surface area (Å²) < 4.78 is 13.3. The van der Waals surface area contributed by atoms with Crippen molar-refractivity contribution in [1.29, 1.82) is 0 Å². The molecule has 0 bridgehead atoms. The predicted octanol–water partition coefficient (Wildman–Crippen LogP) is 3.08. The van der Waals surface area contributed by atoms with E-state index in [4.69, 9.17) is 5.73 Å². The van der Waals surface area contributed by atoms with E-state index < -0.39 is 0 Å². The zero-order valence-corrected chi connectivity index (χ0v) is 10.5. The maximum absolute atomic E-state index is 13.3. The molecular formula is C14H20FNO. The third kappa shape index (κ3) is 4.27. The highest BCUT2D eigenvalue weighted by molar-refractivity contribution is 5.96. The molecule has 0 radical (unpaired) electrons. The Hall–Kier alpha value is -1.22. The second-order valence-electron chi connectivity index (χ2n) is 4.61. The number of Topliss-reactive ketones (excluding diaryl/α,β-unsaturated/α-hetero) is 1. The lowest BCUT2D eigenvalue weighted by Gasteiger charge is -2.09. The summed E-state index contributed by atoms with van der Waals surface area (Å²) in [5.41, 5.74) is 6.48. The summed E-state index contributed by atoms with van der Waals surface area (Å²) in [6.45, 7) is 4.41. The molecule has 0 heterocycles. The summed E-state index contributed by atoms with van der Waals surface area (Å²) in [7, 11) is 0. The molecule has 0 aliphatic heterocycles. The van der Waals surface area contributed by atoms with Crippen LogP contribution in [0.15, 0.2) is 18.2 Å². The van der Waals surface area contributed by atoms with Gasteiger partial charge in [-0.3, -0.25) is 4.79 Å². The largest absolute Gasteiger partial charge is 0.330 e. The van der Waals surface area contributed by atoms with Gasteiger partial charge >= 0.3 is 0 Å². The molecule has 0 aliphatic rings. The van der Waals surface area contributed by atoms with Crippen molar-refractivity contribution in [3.05, 3.63) is 35.1 Å². The molecule has 0 saturated heterocycles. The SMILES string of the molecule is Cc1ccc(C(=O)CCC(C)CCN)cc1F. The molecule has 17 heavy (non-hydrogen) atoms. The van der Waals surface area contributed by atoms with Crippen LogP contribution in [0.1, 0.15) is 42.1 Å². The second kappa shape index (κ2) is 6.50. The standard InChI is InChI=1S/C14H20FNO/c1-10(7-8-16)3-6-14(17)12-5-4-11(2)13(15)9-12/h4-5,9-10H,3,6-8,16H2,1-2H3. The van der Waals surface area contributed by atoms with Crippen LogP contribution >= 0.6 is 0 Å². The second-order valence-corrected chi connectivity index (χ2v) is 4.61. The summed E-state index contributed by atoms with van der Waals surface area (Å²) in [6.07, 6.45) is 2.20. The van der Waals surface area contributed by atoms with E-state index in [0.29, 0.717) is 30.0 Å². The lowest BCUT2D eigenvalue weighted by atomic mass is 9.97. The zero-order chi connectivity index (χ0) is 12.8. The number of benzene rings is 1. The van der Waals surface area contributed by atoms with Crippen LogP contribution in [0.5, 0.6) is 0 Å². The van der Waals surface area contributed by atoms with Gasteiger partial charge in [0.1, 0.15) is 5.82 Å². The number of aryl methyl sites for hydroxylation is 1. The Morgan fingerprint density at radius 3 is 2.71 bits per heavy atom. The Morgan fingerprint density at radius 2 is 2.12 bits per heavy atom. The van der Waals surface area contributed by atoms with Gasteiger partial charge in [-0.2, -0.15) is 0 Å². The number of carbonyl (C=O) groups is 1. The van der Waals surface area contributed by atoms with Gasteiger partial charge in [0.15, 0.2) is 5.78 Å². The van der Waals surface area contributed by atoms with E-state index in [1.165, 1.54) is 6.07 Å². The maximum Gasteiger partial charge on any atom is 0.162 e. The van der Waals surface area contributed by atoms with Crippen molar-refractivity contribution < 1.29 is 9.18 Å². The highest BCUT2D eigenvalue weighted by Gasteiger charge is 2.10. The van der Waals surface area contributed by atoms with Gasteiger partial charge in [0.25, 0.3) is 0 Å². The molecule has 0 aliphatic carbocycles. The summed E-state index contributed by atoms with van der Waals surface area (Å²) in [5.74, 6) is 0.137. The lowest BCUT2D eigenvalue weighted by molar-refractivity contribution is 0.0973. The van der Waals surface area contributed by atoms with Crippen LogP contribution in [0.25, 0.3) is 0 Å². The molecule has 1 aromatic carbocycles. The van der Waals surface area contributed by atoms with Crippen LogP contribution in [-0.2, 0) is 0 Å². The zero-order valence-electron chi connectivity index (χ0n) is 10.5. The van der Waals surface area contributed by atoms with Crippen LogP contribution in [0, 0.1) is 18.7 Å². The minimum atomic E-state index is -0.314. The molecule has 2 N–H and O–H groups in total. The van der Waals surface area contributed by atoms with Crippen molar-refractivity contribution in [3.8, 4) is 0 Å². The molecule has 0 amide bonds. The van der Waals surface area contributed by atoms with Gasteiger partial charge in [-0.05, 0) is 43.9 Å². The van der Waals surface area contributed by atoms with Crippen molar-refractivity contribution in [2.24, 2.45) is 11.7 Å². The highest BCUT2D eigenvalue weighted by Crippen LogP contribution is 2.15. The molecule has 2 nitrogen and oxygen atoms in total. The summed E-state index contributed by atoms with van der Waals surface area (Å²) in [5, 5.41) is 0. The third-order valence-electron chi connectivity index (χ3n) is 3.02. The number of ketones is 1. The molecule has 0 saturated carbocycles. The van der Waals surface area contributed by atoms with Gasteiger partial charge in [0.05, 0.1) is 0 Å². The number of carbonyl (C=O) groups excluding carboxylic acids is 1. The topological polar surface area (TPSA) is 43.1 Å². The van der Waals surface area contributed by atoms with Gasteiger partial charge < -0.3 is 5.73 Å². The fraction of sp³-hybridized carbons (Fsp3) is 0.500. The Balaban J connectivity index is 2.55. The fourth-order valence-electron chi connectivity index (χ4n) is 1.72. The normalized spacial score (nSPS) is 12.5. The molecular weight excluding hydrogens is 217 g/mol. The van der Waals surface area contributed by atoms with Crippen LogP contribution in [0.3, 0.4) is 0 Å². The minimum Gasteiger partial charge on any atom is -0.330 e. The molecule has 1 rings (SSSR count). The van der Waals surface area contributed by atoms with Gasteiger partial charge in [-0.15, -0.1) is 0 Å². The molecule has 1 atom stereocenters. The Kier molecular flexibility index (Phi) is 5.29. The number of rotatable bonds is 6. The average Bonchev–Trinajstić information content (AvgIpc) is 2.30. The van der Waals surface area contributed by atoms with E-state index in [1.807, 2.05) is 0 Å². The van der Waals surface area contributed by atoms with Gasteiger partial charge in [0, 0.05) is 12.0 Å². The number of hydrogen-bond acceptors (Lipinski definition) is 2. The van der Waals surface area contributed by atoms with Gasteiger partial charge in [-0.25, -0.2) is 4.39 Å². The summed E-state index contributed by atoms with van der Waals surface area (Å²) in [4.78, 5) is 11.8. The predicted molar refractivity (Wildman–Crippen MR) is 67.5 cm³/mol. The molecule has 0 spiro atoms. The molecule has 1 aromatic rings. The Labute approximate surface area is 102 Å². The van der Waals surface area contributed by atoms with E-state index >= 15 is 0 Å². The van der Waals surface area contributed by atoms with E-state index in [9.17, 15) is 9.18 Å². The quantitative estimate of drug-likeness (QED) is 0.773. The van der Waals surface area contributed by atoms with E-state index in [0.717, 1.165) is 12.8 Å². The van der Waals surface area contributed by atoms with Crippen LogP contribution in [-0.4, -0.2) is 12.3 Å². The fourth-order valence-corrected chi connectivity index (χ4v) is 1.72. The number of hydrogen-bond donors (Lipinski definition) is 1. The van der Waals surface area contributed by atoms with Crippen LogP contribution in [0.2, 0.25) is 0 Å². The van der Waals surface area contributed by atoms with Gasteiger partial charge in [0.2, 0.25) is 0 Å². The molecule has 1 unspecified atom stereocenters. The first-order chi connectivity index (χ1) is 8.04. The number of halogens is 1. The van der Waals surface area contributed by atoms with Crippen molar-refractivity contribution >= 4 is 5.78 Å². The molecule has 94 valence electrons. The van der Waals surface area contributed by atoms with Crippen LogP contribution in [0.4, 0.5) is 4.39 Å². The first kappa shape index (κ1) is 13.8. The summed E-state index contributed by atoms with van der Waals surface area (Å²) >= 11 is 0. The van der Waals surface area contributed by atoms with E-state index in [1.54, 1.807) is 19.1 Å². The summed E-state index contributed by atoms with van der Waals surface area (Å²) in [6, 6.07) is 4.66. The number of nitrogens with two attached hydrogens (primary N) is 1. The third-order valence-corrected chi connectivity index (χ3v) is 3.02. The minimum absolute atomic E-state index is 0.00720. The molecule has 0 fully saturated rings. The monoisotopic (exact) mass is 237 g/mol. The van der Waals surface area contributed by atoms with Crippen LogP contribution < -0.4 is 5.73 Å². The van der Waals surface area contributed by atoms with Gasteiger partial charge in [-0.1, -0.05) is 19.1 Å². The maximum atomic E-state index is 13.3. The average molecular weight is 237 g/mol.